The number of fused-ring (bicyclic) bond motifs is 12. The number of nitrogens with zero attached hydrogens (tertiary/aromatic N) is 2. The molecule has 0 saturated carbocycles. The maximum absolute atomic E-state index is 15.0. The first-order valence-electron chi connectivity index (χ1n) is 28.8. The van der Waals surface area contributed by atoms with Crippen LogP contribution in [-0.2, 0) is 10.8 Å². The fourth-order valence-electron chi connectivity index (χ4n) is 15.2. The zero-order valence-corrected chi connectivity index (χ0v) is 47.0. The lowest BCUT2D eigenvalue weighted by molar-refractivity contribution is 0.0878. The summed E-state index contributed by atoms with van der Waals surface area (Å²) in [7, 11) is 0. The number of hydrogen-bond acceptors (Lipinski definition) is 3. The van der Waals surface area contributed by atoms with Crippen LogP contribution in [0.4, 0.5) is 22.7 Å². The van der Waals surface area contributed by atoms with E-state index in [1.807, 2.05) is 6.07 Å². The third-order valence-electron chi connectivity index (χ3n) is 19.2. The number of aromatic amines is 1. The van der Waals surface area contributed by atoms with Gasteiger partial charge >= 0.3 is 0 Å². The van der Waals surface area contributed by atoms with Crippen molar-refractivity contribution in [1.29, 1.82) is 0 Å². The van der Waals surface area contributed by atoms with Gasteiger partial charge in [-0.1, -0.05) is 195 Å². The minimum absolute atomic E-state index is 0.139. The molecule has 81 heavy (non-hydrogen) atoms. The predicted molar refractivity (Wildman–Crippen MR) is 339 cm³/mol. The van der Waals surface area contributed by atoms with Gasteiger partial charge in [0.2, 0.25) is 0 Å². The number of para-hydroxylation sites is 1. The summed E-state index contributed by atoms with van der Waals surface area (Å²) in [6, 6.07) is 71.5. The number of anilines is 4. The first-order valence-corrected chi connectivity index (χ1v) is 28.8. The molecule has 0 fully saturated rings. The van der Waals surface area contributed by atoms with Crippen LogP contribution in [0.5, 0.6) is 0 Å². The first kappa shape index (κ1) is 47.9. The maximum Gasteiger partial charge on any atom is 0.261 e. The Bertz CT molecular complexity index is 4750. The van der Waals surface area contributed by atoms with Crippen LogP contribution in [0.2, 0.25) is 0 Å². The summed E-state index contributed by atoms with van der Waals surface area (Å²) in [6.07, 6.45) is -1.14. The second-order valence-corrected chi connectivity index (χ2v) is 24.9. The number of aliphatic hydroxyl groups is 1. The van der Waals surface area contributed by atoms with E-state index in [0.717, 1.165) is 93.9 Å². The maximum atomic E-state index is 15.0. The highest BCUT2D eigenvalue weighted by Gasteiger charge is 2.40. The molecule has 0 radical (unpaired) electrons. The largest absolute Gasteiger partial charge is 0.369 e. The van der Waals surface area contributed by atoms with Gasteiger partial charge in [0.05, 0.1) is 5.69 Å². The number of rotatable bonds is 7. The lowest BCUT2D eigenvalue weighted by atomic mass is 9.82. The van der Waals surface area contributed by atoms with Crippen LogP contribution in [0.1, 0.15) is 123 Å². The Morgan fingerprint density at radius 2 is 0.951 bits per heavy atom. The fourth-order valence-corrected chi connectivity index (χ4v) is 15.2. The highest BCUT2D eigenvalue weighted by molar-refractivity contribution is 6.40. The molecule has 2 heterocycles. The van der Waals surface area contributed by atoms with Gasteiger partial charge in [-0.25, -0.2) is 0 Å². The van der Waals surface area contributed by atoms with E-state index in [-0.39, 0.29) is 28.6 Å². The minimum atomic E-state index is -1.14. The van der Waals surface area contributed by atoms with Crippen molar-refractivity contribution in [2.75, 3.05) is 9.80 Å². The van der Waals surface area contributed by atoms with Gasteiger partial charge in [-0.15, -0.1) is 0 Å². The molecule has 0 spiro atoms. The van der Waals surface area contributed by atoms with Crippen molar-refractivity contribution >= 4 is 93.6 Å². The van der Waals surface area contributed by atoms with Crippen LogP contribution in [0.3, 0.4) is 0 Å². The van der Waals surface area contributed by atoms with Crippen molar-refractivity contribution in [3.05, 3.63) is 239 Å². The van der Waals surface area contributed by atoms with E-state index in [9.17, 15) is 5.11 Å². The summed E-state index contributed by atoms with van der Waals surface area (Å²) in [5.41, 5.74) is 22.5. The van der Waals surface area contributed by atoms with E-state index in [1.54, 1.807) is 4.90 Å². The molecular weight excluding hydrogens is 987 g/mol. The van der Waals surface area contributed by atoms with Crippen LogP contribution in [0.25, 0.3) is 98.3 Å². The molecule has 1 aromatic heterocycles. The summed E-state index contributed by atoms with van der Waals surface area (Å²) in [6.45, 7) is 18.1. The van der Waals surface area contributed by atoms with Crippen molar-refractivity contribution in [3.8, 4) is 33.4 Å². The number of aromatic nitrogens is 1. The number of benzene rings is 12. The van der Waals surface area contributed by atoms with E-state index in [0.29, 0.717) is 5.56 Å². The number of carbonyl (C=O) groups excluding carboxylic acids is 1. The van der Waals surface area contributed by atoms with Gasteiger partial charge in [0.25, 0.3) is 5.91 Å². The van der Waals surface area contributed by atoms with Crippen molar-refractivity contribution in [3.63, 3.8) is 0 Å². The molecule has 3 aliphatic rings. The molecule has 1 atom stereocenters. The van der Waals surface area contributed by atoms with Crippen molar-refractivity contribution < 1.29 is 9.90 Å². The first-order chi connectivity index (χ1) is 39.2. The Morgan fingerprint density at radius 3 is 1.59 bits per heavy atom. The summed E-state index contributed by atoms with van der Waals surface area (Å²) in [5.74, 6) is 0.149. The third kappa shape index (κ3) is 6.50. The molecule has 1 aliphatic heterocycles. The van der Waals surface area contributed by atoms with Crippen LogP contribution in [0.15, 0.2) is 194 Å². The van der Waals surface area contributed by atoms with Gasteiger partial charge in [0.1, 0.15) is 0 Å². The molecule has 0 bridgehead atoms. The Hall–Kier alpha value is -9.03. The molecule has 0 saturated heterocycles. The second-order valence-electron chi connectivity index (χ2n) is 24.9. The van der Waals surface area contributed by atoms with Crippen LogP contribution in [0, 0.1) is 0 Å². The van der Waals surface area contributed by atoms with E-state index in [2.05, 4.69) is 253 Å². The summed E-state index contributed by atoms with van der Waals surface area (Å²) in [5, 5.41) is 23.5. The predicted octanol–water partition coefficient (Wildman–Crippen LogP) is 20.0. The number of carbonyl (C=O) groups is 1. The van der Waals surface area contributed by atoms with E-state index >= 15 is 4.79 Å². The Balaban J connectivity index is 0.805. The van der Waals surface area contributed by atoms with Gasteiger partial charge in [-0.05, 0) is 171 Å². The van der Waals surface area contributed by atoms with Crippen molar-refractivity contribution in [2.45, 2.75) is 84.3 Å². The molecule has 16 rings (SSSR count). The molecule has 12 aromatic carbocycles. The Morgan fingerprint density at radius 1 is 0.432 bits per heavy atom. The van der Waals surface area contributed by atoms with E-state index < -0.39 is 6.23 Å². The molecule has 5 heteroatoms. The van der Waals surface area contributed by atoms with Gasteiger partial charge < -0.3 is 15.0 Å². The SMILES string of the molecule is CC(C)c1cccc(C(C)C)c1N1C(=O)c2ccc3c4cc5[nH]c6cc(-c7ccc(N(c8ccc9c(c8)C(C)(C)c8ccccc8-9)c8ccc9c(c8)C(C)(C)c8ccccc8-9)cc7)ccc6c5c5cccc(c6ccc(c2c63)C1O)c45. The van der Waals surface area contributed by atoms with Crippen LogP contribution < -0.4 is 9.80 Å². The molecule has 392 valence electrons. The molecule has 1 amide bonds. The highest BCUT2D eigenvalue weighted by atomic mass is 16.3. The Kier molecular flexibility index (Phi) is 9.92. The van der Waals surface area contributed by atoms with Gasteiger partial charge in [0.15, 0.2) is 6.23 Å². The summed E-state index contributed by atoms with van der Waals surface area (Å²) in [4.78, 5) is 23.0. The monoisotopic (exact) mass is 1050 g/mol. The molecule has 1 unspecified atom stereocenters. The van der Waals surface area contributed by atoms with Crippen LogP contribution >= 0.6 is 0 Å². The number of amides is 1. The quantitative estimate of drug-likeness (QED) is 0.124. The summed E-state index contributed by atoms with van der Waals surface area (Å²) >= 11 is 0. The Labute approximate surface area is 472 Å². The smallest absolute Gasteiger partial charge is 0.261 e. The molecular formula is C76H61N3O2. The molecule has 2 aliphatic carbocycles. The zero-order chi connectivity index (χ0) is 55.1. The van der Waals surface area contributed by atoms with Crippen molar-refractivity contribution in [2.24, 2.45) is 0 Å². The average molecular weight is 1050 g/mol. The highest BCUT2D eigenvalue weighted by Crippen LogP contribution is 2.55. The lowest BCUT2D eigenvalue weighted by Gasteiger charge is -2.37. The van der Waals surface area contributed by atoms with Gasteiger partial charge in [0, 0.05) is 66.2 Å². The average Bonchev–Trinajstić information content (AvgIpc) is 2.58. The lowest BCUT2D eigenvalue weighted by Crippen LogP contribution is -2.39. The number of hydrogen-bond donors (Lipinski definition) is 2. The summed E-state index contributed by atoms with van der Waals surface area (Å²) < 4.78 is 0. The minimum Gasteiger partial charge on any atom is -0.369 e. The van der Waals surface area contributed by atoms with Gasteiger partial charge in [-0.2, -0.15) is 0 Å². The molecule has 5 nitrogen and oxygen atoms in total. The number of nitrogens with one attached hydrogen (secondary N) is 1. The topological polar surface area (TPSA) is 59.6 Å². The fraction of sp³-hybridized carbons (Fsp3) is 0.171. The van der Waals surface area contributed by atoms with E-state index in [1.165, 1.54) is 66.1 Å². The zero-order valence-electron chi connectivity index (χ0n) is 47.0. The third-order valence-corrected chi connectivity index (χ3v) is 19.2. The normalized spacial score (nSPS) is 15.8. The van der Waals surface area contributed by atoms with Crippen LogP contribution in [-0.4, -0.2) is 16.0 Å². The van der Waals surface area contributed by atoms with Crippen molar-refractivity contribution in [1.82, 2.24) is 4.98 Å². The second kappa shape index (κ2) is 16.8. The molecule has 2 N–H and O–H groups in total. The van der Waals surface area contributed by atoms with Gasteiger partial charge in [-0.3, -0.25) is 9.69 Å². The number of aliphatic hydroxyl groups excluding tert-OH is 1. The molecule has 13 aromatic rings. The van der Waals surface area contributed by atoms with E-state index in [4.69, 9.17) is 0 Å². The standard InChI is InChI=1S/C76H61N3O2/c1-41(2)48-17-13-18-49(42(3)4)72(48)79-73(80)59-35-33-55-54-19-14-20-58-68(54)61(56-34-36-60(74(79)81)71(59)70(55)56)40-67-69(58)57-30-25-44(37-66(57)77-67)43-23-26-45(27-24-43)78(46-28-31-52-50-15-9-11-21-62(50)75(5,6)64(52)38-46)47-29-32-53-51-16-10-12-22-63(51)76(7,8)65(53)39-47/h9-42,73,77,80H,1-8H3. The number of H-pyrrole nitrogens is 1.